The topological polar surface area (TPSA) is 35.2 Å². The van der Waals surface area contributed by atoms with Gasteiger partial charge in [0.05, 0.1) is 5.02 Å². The Labute approximate surface area is 99.6 Å². The molecular formula is C11H13Cl2NO. The molecule has 0 aliphatic rings. The number of rotatable bonds is 4. The molecule has 0 saturated carbocycles. The predicted molar refractivity (Wildman–Crippen MR) is 64.5 cm³/mol. The number of benzene rings is 1. The maximum absolute atomic E-state index is 6.01. The first-order valence-electron chi connectivity index (χ1n) is 4.58. The predicted octanol–water partition coefficient (Wildman–Crippen LogP) is 3.49. The van der Waals surface area contributed by atoms with Gasteiger partial charge in [0, 0.05) is 11.6 Å². The van der Waals surface area contributed by atoms with E-state index in [0.29, 0.717) is 17.4 Å². The SMILES string of the molecule is C[C@H](N)c1ccc(OC/C=C/Cl)c(Cl)c1. The van der Waals surface area contributed by atoms with Crippen LogP contribution in [0.1, 0.15) is 18.5 Å². The van der Waals surface area contributed by atoms with Crippen molar-refractivity contribution in [2.24, 2.45) is 5.73 Å². The standard InChI is InChI=1S/C11H13Cl2NO/c1-8(14)9-3-4-11(10(13)7-9)15-6-2-5-12/h2-5,7-8H,6,14H2,1H3/b5-2+/t8-/m0/s1. The second kappa shape index (κ2) is 6.01. The van der Waals surface area contributed by atoms with E-state index in [1.807, 2.05) is 25.1 Å². The highest BCUT2D eigenvalue weighted by atomic mass is 35.5. The van der Waals surface area contributed by atoms with Gasteiger partial charge in [-0.1, -0.05) is 29.3 Å². The number of hydrogen-bond acceptors (Lipinski definition) is 2. The van der Waals surface area contributed by atoms with Gasteiger partial charge in [0.15, 0.2) is 0 Å². The zero-order valence-electron chi connectivity index (χ0n) is 8.41. The summed E-state index contributed by atoms with van der Waals surface area (Å²) in [7, 11) is 0. The Hall–Kier alpha value is -0.700. The van der Waals surface area contributed by atoms with Gasteiger partial charge in [-0.2, -0.15) is 0 Å². The lowest BCUT2D eigenvalue weighted by molar-refractivity contribution is 0.363. The van der Waals surface area contributed by atoms with E-state index >= 15 is 0 Å². The molecule has 0 radical (unpaired) electrons. The summed E-state index contributed by atoms with van der Waals surface area (Å²) in [4.78, 5) is 0. The van der Waals surface area contributed by atoms with Crippen LogP contribution in [0.2, 0.25) is 5.02 Å². The van der Waals surface area contributed by atoms with Gasteiger partial charge >= 0.3 is 0 Å². The number of halogens is 2. The summed E-state index contributed by atoms with van der Waals surface area (Å²) < 4.78 is 5.37. The Morgan fingerprint density at radius 3 is 2.80 bits per heavy atom. The van der Waals surface area contributed by atoms with Gasteiger partial charge in [0.1, 0.15) is 12.4 Å². The first-order chi connectivity index (χ1) is 7.15. The Kier molecular flexibility index (Phi) is 4.95. The highest BCUT2D eigenvalue weighted by Crippen LogP contribution is 2.27. The third-order valence-corrected chi connectivity index (χ3v) is 2.38. The fourth-order valence-electron chi connectivity index (χ4n) is 1.09. The minimum Gasteiger partial charge on any atom is -0.488 e. The average Bonchev–Trinajstić information content (AvgIpc) is 2.20. The Balaban J connectivity index is 2.74. The molecule has 82 valence electrons. The van der Waals surface area contributed by atoms with Crippen LogP contribution in [0.5, 0.6) is 5.75 Å². The zero-order chi connectivity index (χ0) is 11.3. The number of nitrogens with two attached hydrogens (primary N) is 1. The lowest BCUT2D eigenvalue weighted by Gasteiger charge is -2.09. The average molecular weight is 246 g/mol. The van der Waals surface area contributed by atoms with Crippen molar-refractivity contribution >= 4 is 23.2 Å². The van der Waals surface area contributed by atoms with Crippen LogP contribution in [-0.4, -0.2) is 6.61 Å². The fraction of sp³-hybridized carbons (Fsp3) is 0.273. The van der Waals surface area contributed by atoms with Crippen LogP contribution in [0.4, 0.5) is 0 Å². The largest absolute Gasteiger partial charge is 0.488 e. The Morgan fingerprint density at radius 1 is 1.53 bits per heavy atom. The van der Waals surface area contributed by atoms with E-state index in [1.54, 1.807) is 6.08 Å². The van der Waals surface area contributed by atoms with Crippen LogP contribution in [0, 0.1) is 0 Å². The molecule has 0 heterocycles. The minimum absolute atomic E-state index is 0.0284. The molecule has 2 nitrogen and oxygen atoms in total. The summed E-state index contributed by atoms with van der Waals surface area (Å²) in [6, 6.07) is 5.49. The van der Waals surface area contributed by atoms with Crippen LogP contribution in [-0.2, 0) is 0 Å². The second-order valence-electron chi connectivity index (χ2n) is 3.15. The van der Waals surface area contributed by atoms with E-state index in [1.165, 1.54) is 5.54 Å². The molecular weight excluding hydrogens is 233 g/mol. The van der Waals surface area contributed by atoms with E-state index in [0.717, 1.165) is 5.56 Å². The van der Waals surface area contributed by atoms with Crippen molar-refractivity contribution in [2.45, 2.75) is 13.0 Å². The van der Waals surface area contributed by atoms with Gasteiger partial charge in [-0.25, -0.2) is 0 Å². The molecule has 0 spiro atoms. The molecule has 2 N–H and O–H groups in total. The third-order valence-electron chi connectivity index (χ3n) is 1.91. The molecule has 0 saturated heterocycles. The first kappa shape index (κ1) is 12.4. The summed E-state index contributed by atoms with van der Waals surface area (Å²) in [6.07, 6.45) is 1.69. The van der Waals surface area contributed by atoms with Gasteiger partial charge in [0.25, 0.3) is 0 Å². The van der Waals surface area contributed by atoms with Crippen molar-refractivity contribution in [2.75, 3.05) is 6.61 Å². The summed E-state index contributed by atoms with van der Waals surface area (Å²) in [5.41, 5.74) is 8.12. The molecule has 1 aromatic carbocycles. The molecule has 0 bridgehead atoms. The van der Waals surface area contributed by atoms with Crippen molar-refractivity contribution < 1.29 is 4.74 Å². The highest BCUT2D eigenvalue weighted by molar-refractivity contribution is 6.32. The van der Waals surface area contributed by atoms with Crippen molar-refractivity contribution in [3.05, 3.63) is 40.4 Å². The molecule has 0 aromatic heterocycles. The molecule has 0 unspecified atom stereocenters. The van der Waals surface area contributed by atoms with Crippen LogP contribution < -0.4 is 10.5 Å². The summed E-state index contributed by atoms with van der Waals surface area (Å²) in [5.74, 6) is 0.635. The van der Waals surface area contributed by atoms with Gasteiger partial charge in [-0.15, -0.1) is 0 Å². The second-order valence-corrected chi connectivity index (χ2v) is 3.81. The van der Waals surface area contributed by atoms with E-state index in [9.17, 15) is 0 Å². The van der Waals surface area contributed by atoms with Crippen LogP contribution in [0.15, 0.2) is 29.8 Å². The third kappa shape index (κ3) is 3.74. The molecule has 1 atom stereocenters. The Bertz CT molecular complexity index is 350. The van der Waals surface area contributed by atoms with E-state index in [4.69, 9.17) is 33.7 Å². The highest BCUT2D eigenvalue weighted by Gasteiger charge is 2.04. The molecule has 0 aliphatic heterocycles. The Morgan fingerprint density at radius 2 is 2.27 bits per heavy atom. The quantitative estimate of drug-likeness (QED) is 0.882. The molecule has 1 aromatic rings. The van der Waals surface area contributed by atoms with Crippen LogP contribution >= 0.6 is 23.2 Å². The molecule has 0 fully saturated rings. The maximum Gasteiger partial charge on any atom is 0.138 e. The van der Waals surface area contributed by atoms with Crippen molar-refractivity contribution in [3.63, 3.8) is 0 Å². The molecule has 0 aliphatic carbocycles. The summed E-state index contributed by atoms with van der Waals surface area (Å²) in [6.45, 7) is 2.31. The van der Waals surface area contributed by atoms with Crippen LogP contribution in [0.25, 0.3) is 0 Å². The van der Waals surface area contributed by atoms with Crippen molar-refractivity contribution in [3.8, 4) is 5.75 Å². The van der Waals surface area contributed by atoms with Crippen LogP contribution in [0.3, 0.4) is 0 Å². The van der Waals surface area contributed by atoms with E-state index < -0.39 is 0 Å². The number of hydrogen-bond donors (Lipinski definition) is 1. The van der Waals surface area contributed by atoms with Gasteiger partial charge < -0.3 is 10.5 Å². The maximum atomic E-state index is 6.01. The van der Waals surface area contributed by atoms with Gasteiger partial charge in [0.2, 0.25) is 0 Å². The normalized spacial score (nSPS) is 13.1. The van der Waals surface area contributed by atoms with Crippen molar-refractivity contribution in [1.29, 1.82) is 0 Å². The smallest absolute Gasteiger partial charge is 0.138 e. The fourth-order valence-corrected chi connectivity index (χ4v) is 1.41. The van der Waals surface area contributed by atoms with Gasteiger partial charge in [-0.3, -0.25) is 0 Å². The lowest BCUT2D eigenvalue weighted by atomic mass is 10.1. The molecule has 4 heteroatoms. The van der Waals surface area contributed by atoms with E-state index in [-0.39, 0.29) is 6.04 Å². The van der Waals surface area contributed by atoms with Gasteiger partial charge in [-0.05, 0) is 30.7 Å². The minimum atomic E-state index is -0.0284. The number of ether oxygens (including phenoxy) is 1. The molecule has 15 heavy (non-hydrogen) atoms. The zero-order valence-corrected chi connectivity index (χ0v) is 9.92. The van der Waals surface area contributed by atoms with Crippen molar-refractivity contribution in [1.82, 2.24) is 0 Å². The summed E-state index contributed by atoms with van der Waals surface area (Å²) >= 11 is 11.4. The monoisotopic (exact) mass is 245 g/mol. The molecule has 0 amide bonds. The lowest BCUT2D eigenvalue weighted by Crippen LogP contribution is -2.05. The van der Waals surface area contributed by atoms with E-state index in [2.05, 4.69) is 0 Å². The molecule has 1 rings (SSSR count). The summed E-state index contributed by atoms with van der Waals surface area (Å²) in [5, 5.41) is 0.563. The first-order valence-corrected chi connectivity index (χ1v) is 5.39.